The first-order valence-electron chi connectivity index (χ1n) is 12.3. The van der Waals surface area contributed by atoms with E-state index in [1.807, 2.05) is 18.2 Å². The van der Waals surface area contributed by atoms with E-state index in [2.05, 4.69) is 20.5 Å². The van der Waals surface area contributed by atoms with Gasteiger partial charge in [0.15, 0.2) is 0 Å². The minimum Gasteiger partial charge on any atom is -0.368 e. The number of likely N-dealkylation sites (tertiary alicyclic amines) is 1. The number of nitrogens with zero attached hydrogens (tertiary/aromatic N) is 2. The van der Waals surface area contributed by atoms with Crippen molar-refractivity contribution < 1.29 is 27.5 Å². The summed E-state index contributed by atoms with van der Waals surface area (Å²) in [6, 6.07) is 9.91. The molecule has 1 aliphatic heterocycles. The second kappa shape index (κ2) is 11.8. The normalized spacial score (nSPS) is 21.3. The van der Waals surface area contributed by atoms with Crippen molar-refractivity contribution in [2.24, 2.45) is 0 Å². The average Bonchev–Trinajstić information content (AvgIpc) is 3.29. The maximum absolute atomic E-state index is 12.9. The van der Waals surface area contributed by atoms with Crippen LogP contribution in [0, 0.1) is 0 Å². The fourth-order valence-electron chi connectivity index (χ4n) is 4.89. The Bertz CT molecular complexity index is 1030. The van der Waals surface area contributed by atoms with Crippen LogP contribution in [-0.4, -0.2) is 59.5 Å². The monoisotopic (exact) mass is 504 g/mol. The van der Waals surface area contributed by atoms with Gasteiger partial charge < -0.3 is 15.4 Å². The van der Waals surface area contributed by atoms with Crippen molar-refractivity contribution in [2.75, 3.05) is 19.6 Å². The molecule has 2 aromatic rings. The molecule has 2 heterocycles. The van der Waals surface area contributed by atoms with E-state index in [1.165, 1.54) is 31.4 Å². The molecule has 4 rings (SSSR count). The third-order valence-corrected chi connectivity index (χ3v) is 6.76. The van der Waals surface area contributed by atoms with E-state index in [0.29, 0.717) is 25.7 Å². The molecule has 2 N–H and O–H groups in total. The highest BCUT2D eigenvalue weighted by Crippen LogP contribution is 2.30. The SMILES string of the molecule is O=C(CNC(=O)c1cccc(C(F)(F)F)c1)N[C@H]1CN(C2CCCCC2)CC1OCc1ccccn1. The zero-order chi connectivity index (χ0) is 25.5. The molecular formula is C26H31F3N4O3. The number of alkyl halides is 3. The Labute approximate surface area is 208 Å². The minimum atomic E-state index is -4.55. The molecule has 1 aliphatic carbocycles. The minimum absolute atomic E-state index is 0.154. The molecule has 2 amide bonds. The Morgan fingerprint density at radius 2 is 1.86 bits per heavy atom. The van der Waals surface area contributed by atoms with Gasteiger partial charge in [-0.2, -0.15) is 13.2 Å². The average molecular weight is 505 g/mol. The molecule has 1 aromatic carbocycles. The van der Waals surface area contributed by atoms with Crippen molar-refractivity contribution >= 4 is 11.8 Å². The summed E-state index contributed by atoms with van der Waals surface area (Å²) < 4.78 is 44.9. The predicted molar refractivity (Wildman–Crippen MR) is 127 cm³/mol. The second-order valence-electron chi connectivity index (χ2n) is 9.35. The van der Waals surface area contributed by atoms with Crippen LogP contribution < -0.4 is 10.6 Å². The Balaban J connectivity index is 1.34. The summed E-state index contributed by atoms with van der Waals surface area (Å²) in [7, 11) is 0. The molecule has 36 heavy (non-hydrogen) atoms. The molecule has 2 atom stereocenters. The van der Waals surface area contributed by atoms with E-state index in [-0.39, 0.29) is 24.3 Å². The van der Waals surface area contributed by atoms with E-state index in [4.69, 9.17) is 4.74 Å². The first-order valence-corrected chi connectivity index (χ1v) is 12.3. The first kappa shape index (κ1) is 26.1. The Hall–Kier alpha value is -2.98. The summed E-state index contributed by atoms with van der Waals surface area (Å²) >= 11 is 0. The number of aromatic nitrogens is 1. The van der Waals surface area contributed by atoms with Gasteiger partial charge in [0.1, 0.15) is 0 Å². The largest absolute Gasteiger partial charge is 0.416 e. The van der Waals surface area contributed by atoms with Crippen LogP contribution in [0.25, 0.3) is 0 Å². The summed E-state index contributed by atoms with van der Waals surface area (Å²) in [4.78, 5) is 31.7. The van der Waals surface area contributed by atoms with E-state index in [0.717, 1.165) is 30.7 Å². The van der Waals surface area contributed by atoms with Gasteiger partial charge in [0.2, 0.25) is 5.91 Å². The van der Waals surface area contributed by atoms with Crippen LogP contribution in [0.15, 0.2) is 48.7 Å². The van der Waals surface area contributed by atoms with E-state index >= 15 is 0 Å². The van der Waals surface area contributed by atoms with Crippen LogP contribution in [0.3, 0.4) is 0 Å². The number of amides is 2. The van der Waals surface area contributed by atoms with E-state index in [9.17, 15) is 22.8 Å². The summed E-state index contributed by atoms with van der Waals surface area (Å²) in [5, 5.41) is 5.37. The Kier molecular flexibility index (Phi) is 8.58. The highest BCUT2D eigenvalue weighted by molar-refractivity contribution is 5.96. The van der Waals surface area contributed by atoms with Gasteiger partial charge in [-0.3, -0.25) is 19.5 Å². The third-order valence-electron chi connectivity index (χ3n) is 6.76. The molecular weight excluding hydrogens is 473 g/mol. The van der Waals surface area contributed by atoms with Gasteiger partial charge in [-0.1, -0.05) is 31.4 Å². The van der Waals surface area contributed by atoms with Crippen molar-refractivity contribution in [2.45, 2.75) is 63.1 Å². The van der Waals surface area contributed by atoms with Gasteiger partial charge in [0.05, 0.1) is 36.6 Å². The van der Waals surface area contributed by atoms with Crippen molar-refractivity contribution in [3.05, 3.63) is 65.5 Å². The fraction of sp³-hybridized carbons (Fsp3) is 0.500. The number of hydrogen-bond acceptors (Lipinski definition) is 5. The van der Waals surface area contributed by atoms with Crippen LogP contribution in [0.2, 0.25) is 0 Å². The summed E-state index contributed by atoms with van der Waals surface area (Å²) in [6.45, 7) is 1.31. The summed E-state index contributed by atoms with van der Waals surface area (Å²) in [5.41, 5.74) is -0.271. The van der Waals surface area contributed by atoms with E-state index < -0.39 is 23.6 Å². The molecule has 1 aromatic heterocycles. The van der Waals surface area contributed by atoms with Crippen LogP contribution in [0.4, 0.5) is 13.2 Å². The first-order chi connectivity index (χ1) is 17.3. The summed E-state index contributed by atoms with van der Waals surface area (Å²) in [6.07, 6.45) is 2.80. The molecule has 0 spiro atoms. The van der Waals surface area contributed by atoms with Crippen LogP contribution in [0.5, 0.6) is 0 Å². The number of hydrogen-bond donors (Lipinski definition) is 2. The molecule has 1 saturated carbocycles. The van der Waals surface area contributed by atoms with Gasteiger partial charge in [-0.15, -0.1) is 0 Å². The van der Waals surface area contributed by atoms with E-state index in [1.54, 1.807) is 6.20 Å². The maximum atomic E-state index is 12.9. The van der Waals surface area contributed by atoms with Gasteiger partial charge in [0, 0.05) is 30.9 Å². The van der Waals surface area contributed by atoms with Gasteiger partial charge in [0.25, 0.3) is 5.91 Å². The van der Waals surface area contributed by atoms with Crippen molar-refractivity contribution in [1.82, 2.24) is 20.5 Å². The lowest BCUT2D eigenvalue weighted by Crippen LogP contribution is -2.47. The predicted octanol–water partition coefficient (Wildman–Crippen LogP) is 3.55. The Morgan fingerprint density at radius 1 is 1.06 bits per heavy atom. The molecule has 194 valence electrons. The number of ether oxygens (including phenoxy) is 1. The van der Waals surface area contributed by atoms with Crippen molar-refractivity contribution in [1.29, 1.82) is 0 Å². The van der Waals surface area contributed by atoms with Crippen LogP contribution in [0.1, 0.15) is 53.7 Å². The lowest BCUT2D eigenvalue weighted by molar-refractivity contribution is -0.137. The zero-order valence-corrected chi connectivity index (χ0v) is 20.0. The number of carbonyl (C=O) groups excluding carboxylic acids is 2. The number of pyridine rings is 1. The number of carbonyl (C=O) groups is 2. The lowest BCUT2D eigenvalue weighted by atomic mass is 9.94. The highest BCUT2D eigenvalue weighted by Gasteiger charge is 2.38. The molecule has 0 radical (unpaired) electrons. The zero-order valence-electron chi connectivity index (χ0n) is 20.0. The van der Waals surface area contributed by atoms with Crippen molar-refractivity contribution in [3.8, 4) is 0 Å². The molecule has 10 heteroatoms. The van der Waals surface area contributed by atoms with Gasteiger partial charge >= 0.3 is 6.18 Å². The van der Waals surface area contributed by atoms with Crippen LogP contribution >= 0.6 is 0 Å². The number of halogens is 3. The molecule has 2 aliphatic rings. The second-order valence-corrected chi connectivity index (χ2v) is 9.35. The molecule has 7 nitrogen and oxygen atoms in total. The number of benzene rings is 1. The van der Waals surface area contributed by atoms with Gasteiger partial charge in [-0.25, -0.2) is 0 Å². The smallest absolute Gasteiger partial charge is 0.368 e. The number of rotatable bonds is 8. The maximum Gasteiger partial charge on any atom is 0.416 e. The quantitative estimate of drug-likeness (QED) is 0.575. The van der Waals surface area contributed by atoms with Gasteiger partial charge in [-0.05, 0) is 43.2 Å². The molecule has 2 fully saturated rings. The number of nitrogens with one attached hydrogen (secondary N) is 2. The topological polar surface area (TPSA) is 83.6 Å². The summed E-state index contributed by atoms with van der Waals surface area (Å²) in [5.74, 6) is -1.16. The lowest BCUT2D eigenvalue weighted by Gasteiger charge is -2.30. The highest BCUT2D eigenvalue weighted by atomic mass is 19.4. The Morgan fingerprint density at radius 3 is 2.58 bits per heavy atom. The third kappa shape index (κ3) is 7.04. The molecule has 1 saturated heterocycles. The molecule has 1 unspecified atom stereocenters. The molecule has 0 bridgehead atoms. The fourth-order valence-corrected chi connectivity index (χ4v) is 4.89. The standard InChI is InChI=1S/C26H31F3N4O3/c27-26(28,29)19-8-6-7-18(13-19)25(35)31-14-24(34)32-22-15-33(21-10-2-1-3-11-21)16-23(22)36-17-20-9-4-5-12-30-20/h4-9,12-13,21-23H,1-3,10-11,14-17H2,(H,31,35)(H,32,34)/t22-,23?/m0/s1. The van der Waals surface area contributed by atoms with Crippen molar-refractivity contribution in [3.63, 3.8) is 0 Å². The van der Waals surface area contributed by atoms with Crippen LogP contribution in [-0.2, 0) is 22.3 Å².